The summed E-state index contributed by atoms with van der Waals surface area (Å²) in [5.41, 5.74) is 1.13. The van der Waals surface area contributed by atoms with E-state index in [1.807, 2.05) is 0 Å². The Morgan fingerprint density at radius 1 is 1.14 bits per heavy atom. The molecule has 3 heterocycles. The minimum atomic E-state index is 0.272. The van der Waals surface area contributed by atoms with Crippen LogP contribution in [-0.2, 0) is 4.79 Å². The fraction of sp³-hybridized carbons (Fsp3) is 0.765. The molecular formula is C17H23N3OS. The van der Waals surface area contributed by atoms with Gasteiger partial charge in [0.2, 0.25) is 0 Å². The third-order valence-electron chi connectivity index (χ3n) is 6.65. The number of allylic oxidation sites excluding steroid dienone is 1. The van der Waals surface area contributed by atoms with Crippen LogP contribution in [0.25, 0.3) is 0 Å². The number of likely N-dealkylation sites (tertiary alicyclic amines) is 1. The highest BCUT2D eigenvalue weighted by Gasteiger charge is 2.50. The van der Waals surface area contributed by atoms with Crippen LogP contribution >= 0.6 is 11.8 Å². The molecule has 3 aliphatic heterocycles. The summed E-state index contributed by atoms with van der Waals surface area (Å²) < 4.78 is 0. The first-order valence-corrected chi connectivity index (χ1v) is 9.54. The van der Waals surface area contributed by atoms with Crippen LogP contribution in [0.4, 0.5) is 0 Å². The molecule has 0 N–H and O–H groups in total. The van der Waals surface area contributed by atoms with Gasteiger partial charge >= 0.3 is 0 Å². The topological polar surface area (TPSA) is 35.9 Å². The Morgan fingerprint density at radius 2 is 1.77 bits per heavy atom. The fourth-order valence-electron chi connectivity index (χ4n) is 5.47. The summed E-state index contributed by atoms with van der Waals surface area (Å²) >= 11 is 1.60. The molecule has 2 bridgehead atoms. The monoisotopic (exact) mass is 317 g/mol. The van der Waals surface area contributed by atoms with Crippen molar-refractivity contribution in [3.63, 3.8) is 0 Å². The van der Waals surface area contributed by atoms with Crippen molar-refractivity contribution in [2.24, 2.45) is 28.7 Å². The van der Waals surface area contributed by atoms with Crippen LogP contribution in [0.5, 0.6) is 0 Å². The summed E-state index contributed by atoms with van der Waals surface area (Å²) in [7, 11) is 0. The third-order valence-corrected chi connectivity index (χ3v) is 7.86. The molecular weight excluding hydrogens is 294 g/mol. The first-order chi connectivity index (χ1) is 10.7. The summed E-state index contributed by atoms with van der Waals surface area (Å²) in [4.78, 5) is 22.9. The Morgan fingerprint density at radius 3 is 2.36 bits per heavy atom. The van der Waals surface area contributed by atoms with Crippen molar-refractivity contribution in [3.8, 4) is 0 Å². The highest BCUT2D eigenvalue weighted by molar-refractivity contribution is 8.18. The van der Waals surface area contributed by atoms with Crippen LogP contribution in [0, 0.1) is 23.7 Å². The van der Waals surface area contributed by atoms with E-state index in [0.717, 1.165) is 65.6 Å². The molecule has 22 heavy (non-hydrogen) atoms. The number of carbonyl (C=O) groups is 1. The predicted molar refractivity (Wildman–Crippen MR) is 88.3 cm³/mol. The Kier molecular flexibility index (Phi) is 2.91. The van der Waals surface area contributed by atoms with Gasteiger partial charge in [0.15, 0.2) is 5.17 Å². The van der Waals surface area contributed by atoms with Gasteiger partial charge in [-0.15, -0.1) is 0 Å². The SMILES string of the molecule is CC1=C(C(=O)N2C[C@@H]3C4CCC(CC4)[C@@H]3C2)SC2=NCCN21. The smallest absolute Gasteiger partial charge is 0.262 e. The van der Waals surface area contributed by atoms with Crippen molar-refractivity contribution in [2.75, 3.05) is 26.2 Å². The zero-order valence-corrected chi connectivity index (χ0v) is 13.9. The van der Waals surface area contributed by atoms with Gasteiger partial charge in [0.05, 0.1) is 11.4 Å². The van der Waals surface area contributed by atoms with E-state index in [4.69, 9.17) is 0 Å². The highest BCUT2D eigenvalue weighted by atomic mass is 32.2. The van der Waals surface area contributed by atoms with Gasteiger partial charge in [0.1, 0.15) is 0 Å². The normalized spacial score (nSPS) is 39.4. The average Bonchev–Trinajstić information content (AvgIpc) is 3.24. The molecule has 1 saturated heterocycles. The number of amides is 1. The second-order valence-electron chi connectivity index (χ2n) is 7.55. The Hall–Kier alpha value is -0.970. The van der Waals surface area contributed by atoms with Crippen LogP contribution in [0.1, 0.15) is 32.6 Å². The molecule has 5 heteroatoms. The molecule has 0 spiro atoms. The van der Waals surface area contributed by atoms with Crippen molar-refractivity contribution in [3.05, 3.63) is 10.6 Å². The lowest BCUT2D eigenvalue weighted by Crippen LogP contribution is -2.38. The number of hydrogen-bond donors (Lipinski definition) is 0. The molecule has 4 nitrogen and oxygen atoms in total. The average molecular weight is 317 g/mol. The van der Waals surface area contributed by atoms with Gasteiger partial charge in [-0.1, -0.05) is 0 Å². The van der Waals surface area contributed by atoms with Gasteiger partial charge in [-0.05, 0) is 68.0 Å². The Labute approximate surface area is 136 Å². The minimum Gasteiger partial charge on any atom is -0.338 e. The minimum absolute atomic E-state index is 0.272. The van der Waals surface area contributed by atoms with Crippen LogP contribution < -0.4 is 0 Å². The van der Waals surface area contributed by atoms with Crippen LogP contribution in [0.15, 0.2) is 15.6 Å². The van der Waals surface area contributed by atoms with Crippen molar-refractivity contribution in [1.29, 1.82) is 0 Å². The van der Waals surface area contributed by atoms with E-state index < -0.39 is 0 Å². The Balaban J connectivity index is 1.37. The maximum absolute atomic E-state index is 13.0. The van der Waals surface area contributed by atoms with Gasteiger partial charge in [-0.2, -0.15) is 0 Å². The summed E-state index contributed by atoms with van der Waals surface area (Å²) in [6.07, 6.45) is 5.65. The number of nitrogens with zero attached hydrogens (tertiary/aromatic N) is 3. The van der Waals surface area contributed by atoms with Crippen molar-refractivity contribution >= 4 is 22.8 Å². The number of thioether (sulfide) groups is 1. The molecule has 3 aliphatic carbocycles. The van der Waals surface area contributed by atoms with E-state index in [2.05, 4.69) is 21.7 Å². The maximum atomic E-state index is 13.0. The van der Waals surface area contributed by atoms with E-state index in [0.29, 0.717) is 0 Å². The lowest BCUT2D eigenvalue weighted by atomic mass is 9.60. The van der Waals surface area contributed by atoms with E-state index >= 15 is 0 Å². The molecule has 4 fully saturated rings. The fourth-order valence-corrected chi connectivity index (χ4v) is 6.62. The highest BCUT2D eigenvalue weighted by Crippen LogP contribution is 2.52. The molecule has 3 saturated carbocycles. The third kappa shape index (κ3) is 1.78. The lowest BCUT2D eigenvalue weighted by Gasteiger charge is -2.44. The number of fused-ring (bicyclic) bond motifs is 3. The molecule has 0 aromatic carbocycles. The molecule has 0 radical (unpaired) electrons. The summed E-state index contributed by atoms with van der Waals surface area (Å²) in [6.45, 7) is 5.92. The van der Waals surface area contributed by atoms with E-state index in [-0.39, 0.29) is 5.91 Å². The van der Waals surface area contributed by atoms with E-state index in [1.165, 1.54) is 25.7 Å². The molecule has 6 rings (SSSR count). The second-order valence-corrected chi connectivity index (χ2v) is 8.52. The molecule has 1 amide bonds. The predicted octanol–water partition coefficient (Wildman–Crippen LogP) is 2.53. The largest absolute Gasteiger partial charge is 0.338 e. The maximum Gasteiger partial charge on any atom is 0.262 e. The van der Waals surface area contributed by atoms with Crippen LogP contribution in [-0.4, -0.2) is 47.1 Å². The quantitative estimate of drug-likeness (QED) is 0.745. The van der Waals surface area contributed by atoms with Gasteiger partial charge in [-0.25, -0.2) is 0 Å². The van der Waals surface area contributed by atoms with Gasteiger partial charge in [0.25, 0.3) is 5.91 Å². The molecule has 118 valence electrons. The Bertz CT molecular complexity index is 571. The summed E-state index contributed by atoms with van der Waals surface area (Å²) in [6, 6.07) is 0. The molecule has 0 aromatic heterocycles. The van der Waals surface area contributed by atoms with Crippen molar-refractivity contribution < 1.29 is 4.79 Å². The number of carbonyl (C=O) groups excluding carboxylic acids is 1. The van der Waals surface area contributed by atoms with Crippen LogP contribution in [0.3, 0.4) is 0 Å². The zero-order valence-electron chi connectivity index (χ0n) is 13.1. The van der Waals surface area contributed by atoms with Crippen LogP contribution in [0.2, 0.25) is 0 Å². The van der Waals surface area contributed by atoms with Gasteiger partial charge in [0, 0.05) is 25.3 Å². The molecule has 2 atom stereocenters. The molecule has 6 aliphatic rings. The zero-order chi connectivity index (χ0) is 14.8. The number of rotatable bonds is 1. The lowest BCUT2D eigenvalue weighted by molar-refractivity contribution is -0.125. The number of amidine groups is 1. The first kappa shape index (κ1) is 13.5. The standard InChI is InChI=1S/C17H23N3OS/c1-10-15(22-17-18-6-7-20(10)17)16(21)19-8-13-11-2-3-12(5-4-11)14(13)9-19/h11-14H,2-9H2,1H3/t11?,12?,13-,14+. The number of hydrogen-bond acceptors (Lipinski definition) is 4. The summed E-state index contributed by atoms with van der Waals surface area (Å²) in [5, 5.41) is 1.04. The van der Waals surface area contributed by atoms with E-state index in [9.17, 15) is 4.79 Å². The van der Waals surface area contributed by atoms with Gasteiger partial charge in [-0.3, -0.25) is 9.79 Å². The van der Waals surface area contributed by atoms with E-state index in [1.54, 1.807) is 11.8 Å². The first-order valence-electron chi connectivity index (χ1n) is 8.72. The van der Waals surface area contributed by atoms with Crippen molar-refractivity contribution in [1.82, 2.24) is 9.80 Å². The summed E-state index contributed by atoms with van der Waals surface area (Å²) in [5.74, 6) is 3.65. The molecule has 0 aromatic rings. The van der Waals surface area contributed by atoms with Gasteiger partial charge < -0.3 is 9.80 Å². The second kappa shape index (κ2) is 4.76. The molecule has 0 unspecified atom stereocenters. The van der Waals surface area contributed by atoms with Crippen molar-refractivity contribution in [2.45, 2.75) is 32.6 Å². The number of aliphatic imine (C=N–C) groups is 1.